The molecule has 0 aliphatic carbocycles. The first-order valence-corrected chi connectivity index (χ1v) is 10.7. The molecule has 2 aliphatic rings. The molecule has 0 saturated heterocycles. The number of nitrogens with one attached hydrogen (secondary N) is 1. The minimum absolute atomic E-state index is 0.172. The number of hydrogen-bond donors (Lipinski definition) is 1. The van der Waals surface area contributed by atoms with Gasteiger partial charge in [0.05, 0.1) is 36.2 Å². The fourth-order valence-corrected chi connectivity index (χ4v) is 4.26. The maximum Gasteiger partial charge on any atom is 0.319 e. The van der Waals surface area contributed by atoms with Gasteiger partial charge in [-0.2, -0.15) is 0 Å². The molecular weight excluding hydrogens is 448 g/mol. The number of H-pyrrole nitrogens is 1. The van der Waals surface area contributed by atoms with Crippen molar-refractivity contribution < 1.29 is 13.2 Å². The summed E-state index contributed by atoms with van der Waals surface area (Å²) in [5.74, 6) is -1.74. The van der Waals surface area contributed by atoms with Crippen LogP contribution in [0.5, 0.6) is 0 Å². The Kier molecular flexibility index (Phi) is 5.55. The van der Waals surface area contributed by atoms with Gasteiger partial charge in [-0.05, 0) is 37.1 Å². The molecule has 0 radical (unpaired) electrons. The summed E-state index contributed by atoms with van der Waals surface area (Å²) in [6.07, 6.45) is 10.6. The summed E-state index contributed by atoms with van der Waals surface area (Å²) in [5.41, 5.74) is 3.42. The molecule has 1 atom stereocenters. The fraction of sp³-hybridized carbons (Fsp3) is 0.227. The summed E-state index contributed by atoms with van der Waals surface area (Å²) in [6, 6.07) is 3.52. The smallest absolute Gasteiger partial charge is 0.319 e. The highest BCUT2D eigenvalue weighted by molar-refractivity contribution is 7.47. The Labute approximate surface area is 193 Å². The van der Waals surface area contributed by atoms with Gasteiger partial charge < -0.3 is 14.3 Å². The third kappa shape index (κ3) is 3.84. The lowest BCUT2D eigenvalue weighted by molar-refractivity contribution is 0.472. The van der Waals surface area contributed by atoms with Crippen LogP contribution in [0.3, 0.4) is 0 Å². The van der Waals surface area contributed by atoms with Crippen LogP contribution in [-0.2, 0) is 18.8 Å². The number of hydrogen-bond acceptors (Lipinski definition) is 7. The Morgan fingerprint density at radius 2 is 2.12 bits per heavy atom. The third-order valence-corrected chi connectivity index (χ3v) is 5.91. The molecule has 0 unspecified atom stereocenters. The van der Waals surface area contributed by atoms with Crippen molar-refractivity contribution in [3.05, 3.63) is 83.2 Å². The molecule has 168 valence electrons. The van der Waals surface area contributed by atoms with E-state index in [0.717, 1.165) is 34.8 Å². The van der Waals surface area contributed by atoms with E-state index in [1.165, 1.54) is 6.07 Å². The van der Waals surface area contributed by atoms with Crippen molar-refractivity contribution in [2.75, 3.05) is 11.4 Å². The average molecular weight is 468 g/mol. The van der Waals surface area contributed by atoms with Crippen LogP contribution in [0.4, 0.5) is 14.8 Å². The highest BCUT2D eigenvalue weighted by atomic mass is 32.1. The summed E-state index contributed by atoms with van der Waals surface area (Å²) in [6.45, 7) is 2.54. The molecule has 0 amide bonds. The molecule has 0 fully saturated rings. The van der Waals surface area contributed by atoms with Crippen LogP contribution in [0.25, 0.3) is 11.5 Å². The van der Waals surface area contributed by atoms with Crippen molar-refractivity contribution >= 4 is 18.4 Å². The minimum Gasteiger partial charge on any atom is -0.403 e. The fourth-order valence-electron chi connectivity index (χ4n) is 4.12. The van der Waals surface area contributed by atoms with Crippen molar-refractivity contribution in [2.45, 2.75) is 25.8 Å². The van der Waals surface area contributed by atoms with Gasteiger partial charge in [-0.1, -0.05) is 27.8 Å². The maximum atomic E-state index is 14.2. The summed E-state index contributed by atoms with van der Waals surface area (Å²) in [7, 11) is 0. The molecule has 33 heavy (non-hydrogen) atoms. The van der Waals surface area contributed by atoms with Crippen molar-refractivity contribution in [1.82, 2.24) is 25.2 Å². The molecule has 3 aromatic rings. The molecule has 1 aromatic carbocycles. The summed E-state index contributed by atoms with van der Waals surface area (Å²) in [4.78, 5) is 9.59. The number of anilines is 1. The zero-order valence-corrected chi connectivity index (χ0v) is 18.4. The zero-order chi connectivity index (χ0) is 22.9. The number of benzene rings is 1. The number of nitrogens with zero attached hydrogens (tertiary/aromatic N) is 6. The van der Waals surface area contributed by atoms with Gasteiger partial charge in [0, 0.05) is 24.9 Å². The number of aromatic amines is 1. The topological polar surface area (TPSA) is 86.4 Å². The molecule has 5 rings (SSSR count). The molecule has 2 aromatic heterocycles. The largest absolute Gasteiger partial charge is 0.403 e. The second-order valence-electron chi connectivity index (χ2n) is 7.65. The SMILES string of the molecule is CC1=CC=CN(N=S)/C1=C\C[C@H]1c2nc[nH]c2CCN1c1nnc(-c2c(F)cccc2F)o1. The number of halogens is 2. The number of aromatic nitrogens is 4. The predicted octanol–water partition coefficient (Wildman–Crippen LogP) is 4.54. The van der Waals surface area contributed by atoms with E-state index in [2.05, 4.69) is 24.6 Å². The first-order chi connectivity index (χ1) is 16.1. The molecule has 8 nitrogen and oxygen atoms in total. The van der Waals surface area contributed by atoms with E-state index in [4.69, 9.17) is 16.8 Å². The van der Waals surface area contributed by atoms with Crippen molar-refractivity contribution in [2.24, 2.45) is 4.47 Å². The lowest BCUT2D eigenvalue weighted by Crippen LogP contribution is -2.36. The second kappa shape index (κ2) is 8.66. The van der Waals surface area contributed by atoms with Gasteiger partial charge in [-0.3, -0.25) is 0 Å². The number of allylic oxidation sites excluding steroid dienone is 3. The van der Waals surface area contributed by atoms with Crippen LogP contribution in [0.2, 0.25) is 0 Å². The Hall–Kier alpha value is -3.73. The van der Waals surface area contributed by atoms with E-state index in [-0.39, 0.29) is 23.5 Å². The Bertz CT molecular complexity index is 1280. The van der Waals surface area contributed by atoms with Crippen LogP contribution in [0, 0.1) is 11.6 Å². The molecule has 2 aliphatic heterocycles. The van der Waals surface area contributed by atoms with Gasteiger partial charge in [0.2, 0.25) is 0 Å². The quantitative estimate of drug-likeness (QED) is 0.590. The maximum absolute atomic E-state index is 14.2. The van der Waals surface area contributed by atoms with Crippen molar-refractivity contribution in [3.63, 3.8) is 0 Å². The van der Waals surface area contributed by atoms with Gasteiger partial charge >= 0.3 is 6.01 Å². The van der Waals surface area contributed by atoms with E-state index in [0.29, 0.717) is 19.4 Å². The molecular formula is C22H19F2N7OS. The van der Waals surface area contributed by atoms with Crippen LogP contribution < -0.4 is 4.90 Å². The lowest BCUT2D eigenvalue weighted by Gasteiger charge is -2.33. The van der Waals surface area contributed by atoms with E-state index < -0.39 is 11.6 Å². The van der Waals surface area contributed by atoms with Crippen LogP contribution in [0.15, 0.2) is 69.1 Å². The summed E-state index contributed by atoms with van der Waals surface area (Å²) in [5, 5.41) is 9.64. The first-order valence-electron chi connectivity index (χ1n) is 10.3. The summed E-state index contributed by atoms with van der Waals surface area (Å²) < 4.78 is 38.1. The first kappa shape index (κ1) is 21.1. The Balaban J connectivity index is 1.49. The predicted molar refractivity (Wildman–Crippen MR) is 119 cm³/mol. The van der Waals surface area contributed by atoms with E-state index in [1.54, 1.807) is 17.5 Å². The second-order valence-corrected chi connectivity index (χ2v) is 7.82. The highest BCUT2D eigenvalue weighted by Gasteiger charge is 2.33. The Morgan fingerprint density at radius 3 is 2.91 bits per heavy atom. The molecule has 4 heterocycles. The van der Waals surface area contributed by atoms with Crippen molar-refractivity contribution in [3.8, 4) is 11.5 Å². The lowest BCUT2D eigenvalue weighted by atomic mass is 9.98. The molecule has 0 spiro atoms. The standard InChI is InChI=1S/C22H19F2N7OS/c1-13-4-3-10-31(29-33)17(13)7-8-18-20-16(25-12-26-20)9-11-30(18)22-28-27-21(32-22)19-14(23)5-2-6-15(19)24/h2-7,10,12,18H,8-9,11H2,1H3,(H,25,26)/b17-7-/t18-/m0/s1. The van der Waals surface area contributed by atoms with Crippen LogP contribution in [-0.4, -0.2) is 31.7 Å². The normalized spacial score (nSPS) is 19.1. The van der Waals surface area contributed by atoms with Gasteiger partial charge in [-0.25, -0.2) is 18.8 Å². The monoisotopic (exact) mass is 467 g/mol. The third-order valence-electron chi connectivity index (χ3n) is 5.73. The summed E-state index contributed by atoms with van der Waals surface area (Å²) >= 11 is 4.90. The molecule has 1 N–H and O–H groups in total. The van der Waals surface area contributed by atoms with E-state index in [9.17, 15) is 8.78 Å². The number of rotatable bonds is 5. The zero-order valence-electron chi connectivity index (χ0n) is 17.6. The number of fused-ring (bicyclic) bond motifs is 1. The number of imidazole rings is 1. The minimum atomic E-state index is -0.764. The molecule has 0 saturated carbocycles. The van der Waals surface area contributed by atoms with Crippen LogP contribution >= 0.6 is 0 Å². The van der Waals surface area contributed by atoms with Gasteiger partial charge in [-0.15, -0.1) is 5.10 Å². The molecule has 0 bridgehead atoms. The molecule has 11 heteroatoms. The highest BCUT2D eigenvalue weighted by Crippen LogP contribution is 2.36. The van der Waals surface area contributed by atoms with Crippen LogP contribution in [0.1, 0.15) is 30.8 Å². The van der Waals surface area contributed by atoms with Gasteiger partial charge in [0.15, 0.2) is 0 Å². The van der Waals surface area contributed by atoms with Crippen molar-refractivity contribution in [1.29, 1.82) is 0 Å². The Morgan fingerprint density at radius 1 is 1.30 bits per heavy atom. The van der Waals surface area contributed by atoms with Gasteiger partial charge in [0.1, 0.15) is 17.2 Å². The van der Waals surface area contributed by atoms with E-state index >= 15 is 0 Å². The van der Waals surface area contributed by atoms with E-state index in [1.807, 2.05) is 30.1 Å². The van der Waals surface area contributed by atoms with Gasteiger partial charge in [0.25, 0.3) is 5.89 Å². The average Bonchev–Trinajstić information content (AvgIpc) is 3.48.